The maximum atomic E-state index is 12.4. The van der Waals surface area contributed by atoms with E-state index < -0.39 is 11.6 Å². The van der Waals surface area contributed by atoms with E-state index in [2.05, 4.69) is 0 Å². The summed E-state index contributed by atoms with van der Waals surface area (Å²) in [4.78, 5) is 25.2. The third kappa shape index (κ3) is 3.72. The van der Waals surface area contributed by atoms with Crippen molar-refractivity contribution in [2.45, 2.75) is 63.9 Å². The number of hydrogen-bond donors (Lipinski definition) is 2. The molecular weight excluding hydrogens is 258 g/mol. The van der Waals surface area contributed by atoms with Crippen LogP contribution in [0.25, 0.3) is 0 Å². The number of rotatable bonds is 4. The lowest BCUT2D eigenvalue weighted by atomic mass is 9.69. The van der Waals surface area contributed by atoms with Crippen LogP contribution in [0.5, 0.6) is 0 Å². The topological polar surface area (TPSA) is 77.8 Å². The molecular formula is C15H25NO4. The van der Waals surface area contributed by atoms with E-state index in [0.29, 0.717) is 25.9 Å². The molecule has 0 aromatic rings. The van der Waals surface area contributed by atoms with Crippen LogP contribution in [0.1, 0.15) is 58.3 Å². The van der Waals surface area contributed by atoms with Crippen molar-refractivity contribution in [1.29, 1.82) is 0 Å². The van der Waals surface area contributed by atoms with Gasteiger partial charge in [0.25, 0.3) is 0 Å². The number of aliphatic carboxylic acids is 1. The zero-order chi connectivity index (χ0) is 14.8. The minimum Gasteiger partial charge on any atom is -0.481 e. The minimum absolute atomic E-state index is 0.00549. The first kappa shape index (κ1) is 15.3. The molecule has 5 heteroatoms. The predicted octanol–water partition coefficient (Wildman–Crippen LogP) is 1.78. The molecule has 0 aromatic carbocycles. The number of amides is 1. The highest BCUT2D eigenvalue weighted by molar-refractivity contribution is 5.78. The molecule has 1 unspecified atom stereocenters. The van der Waals surface area contributed by atoms with Gasteiger partial charge < -0.3 is 15.1 Å². The van der Waals surface area contributed by atoms with Gasteiger partial charge in [-0.15, -0.1) is 0 Å². The van der Waals surface area contributed by atoms with Crippen molar-refractivity contribution in [3.63, 3.8) is 0 Å². The summed E-state index contributed by atoms with van der Waals surface area (Å²) >= 11 is 0. The second-order valence-corrected chi connectivity index (χ2v) is 6.87. The lowest BCUT2D eigenvalue weighted by Crippen LogP contribution is -2.38. The molecule has 0 spiro atoms. The predicted molar refractivity (Wildman–Crippen MR) is 74.2 cm³/mol. The van der Waals surface area contributed by atoms with E-state index in [1.54, 1.807) is 11.8 Å². The van der Waals surface area contributed by atoms with Gasteiger partial charge >= 0.3 is 5.97 Å². The van der Waals surface area contributed by atoms with Crippen molar-refractivity contribution in [3.8, 4) is 0 Å². The maximum Gasteiger partial charge on any atom is 0.303 e. The van der Waals surface area contributed by atoms with Gasteiger partial charge in [-0.2, -0.15) is 0 Å². The Morgan fingerprint density at radius 3 is 2.25 bits per heavy atom. The lowest BCUT2D eigenvalue weighted by Gasteiger charge is -2.36. The van der Waals surface area contributed by atoms with Crippen LogP contribution in [0.2, 0.25) is 0 Å². The number of carboxylic acid groups (broad SMARTS) is 1. The summed E-state index contributed by atoms with van der Waals surface area (Å²) in [6.45, 7) is 2.69. The highest BCUT2D eigenvalue weighted by atomic mass is 16.4. The molecule has 5 nitrogen and oxygen atoms in total. The van der Waals surface area contributed by atoms with Crippen molar-refractivity contribution < 1.29 is 19.8 Å². The summed E-state index contributed by atoms with van der Waals surface area (Å²) in [6, 6.07) is 0. The van der Waals surface area contributed by atoms with Crippen LogP contribution < -0.4 is 0 Å². The van der Waals surface area contributed by atoms with Crippen LogP contribution >= 0.6 is 0 Å². The Labute approximate surface area is 120 Å². The Morgan fingerprint density at radius 2 is 1.75 bits per heavy atom. The van der Waals surface area contributed by atoms with Crippen molar-refractivity contribution in [1.82, 2.24) is 4.90 Å². The lowest BCUT2D eigenvalue weighted by molar-refractivity contribution is -0.142. The third-order valence-corrected chi connectivity index (χ3v) is 4.77. The third-order valence-electron chi connectivity index (χ3n) is 4.77. The fraction of sp³-hybridized carbons (Fsp3) is 0.867. The van der Waals surface area contributed by atoms with Gasteiger partial charge in [0.15, 0.2) is 0 Å². The summed E-state index contributed by atoms with van der Waals surface area (Å²) in [5.41, 5.74) is -1.15. The normalized spacial score (nSPS) is 29.4. The molecule has 1 aliphatic carbocycles. The molecule has 2 aliphatic rings. The molecule has 114 valence electrons. The number of β-amino-alcohol motifs (C(OH)–C–C–N with tert-alkyl or cyclic N) is 1. The monoisotopic (exact) mass is 283 g/mol. The zero-order valence-corrected chi connectivity index (χ0v) is 12.2. The second kappa shape index (κ2) is 5.72. The standard InChI is InChI=1S/C15H25NO4/c1-14(20)7-8-16(11-14)12(17)9-15(10-13(18)19)5-3-2-4-6-15/h20H,2-11H2,1H3,(H,18,19). The van der Waals surface area contributed by atoms with Crippen LogP contribution in [-0.4, -0.2) is 45.7 Å². The van der Waals surface area contributed by atoms with Crippen molar-refractivity contribution in [2.75, 3.05) is 13.1 Å². The Kier molecular flexibility index (Phi) is 4.37. The van der Waals surface area contributed by atoms with Gasteiger partial charge in [0, 0.05) is 19.5 Å². The van der Waals surface area contributed by atoms with Crippen LogP contribution in [0.3, 0.4) is 0 Å². The number of hydrogen-bond acceptors (Lipinski definition) is 3. The summed E-state index contributed by atoms with van der Waals surface area (Å²) in [5, 5.41) is 19.1. The van der Waals surface area contributed by atoms with E-state index in [1.807, 2.05) is 0 Å². The Balaban J connectivity index is 2.00. The van der Waals surface area contributed by atoms with Gasteiger partial charge in [-0.3, -0.25) is 9.59 Å². The fourth-order valence-electron chi connectivity index (χ4n) is 3.63. The highest BCUT2D eigenvalue weighted by Crippen LogP contribution is 2.43. The molecule has 1 saturated heterocycles. The number of carboxylic acids is 1. The highest BCUT2D eigenvalue weighted by Gasteiger charge is 2.40. The Morgan fingerprint density at radius 1 is 1.10 bits per heavy atom. The number of nitrogens with zero attached hydrogens (tertiary/aromatic N) is 1. The van der Waals surface area contributed by atoms with Gasteiger partial charge in [-0.05, 0) is 31.6 Å². The summed E-state index contributed by atoms with van der Waals surface area (Å²) < 4.78 is 0. The zero-order valence-electron chi connectivity index (χ0n) is 12.2. The van der Waals surface area contributed by atoms with E-state index in [9.17, 15) is 14.7 Å². The first-order valence-electron chi connectivity index (χ1n) is 7.54. The van der Waals surface area contributed by atoms with E-state index in [4.69, 9.17) is 5.11 Å². The molecule has 0 radical (unpaired) electrons. The van der Waals surface area contributed by atoms with Crippen LogP contribution in [0.15, 0.2) is 0 Å². The molecule has 0 aromatic heterocycles. The van der Waals surface area contributed by atoms with E-state index >= 15 is 0 Å². The summed E-state index contributed by atoms with van der Waals surface area (Å²) in [5.74, 6) is -0.806. The molecule has 2 fully saturated rings. The van der Waals surface area contributed by atoms with E-state index in [0.717, 1.165) is 32.1 Å². The smallest absolute Gasteiger partial charge is 0.303 e. The second-order valence-electron chi connectivity index (χ2n) is 6.87. The van der Waals surface area contributed by atoms with Gasteiger partial charge in [-0.1, -0.05) is 19.3 Å². The maximum absolute atomic E-state index is 12.4. The first-order chi connectivity index (χ1) is 9.32. The Bertz CT molecular complexity index is 385. The van der Waals surface area contributed by atoms with Crippen molar-refractivity contribution in [2.24, 2.45) is 5.41 Å². The van der Waals surface area contributed by atoms with Gasteiger partial charge in [0.05, 0.1) is 12.0 Å². The summed E-state index contributed by atoms with van der Waals surface area (Å²) in [7, 11) is 0. The van der Waals surface area contributed by atoms with E-state index in [-0.39, 0.29) is 17.7 Å². The van der Waals surface area contributed by atoms with E-state index in [1.165, 1.54) is 0 Å². The van der Waals surface area contributed by atoms with Gasteiger partial charge in [0.1, 0.15) is 0 Å². The molecule has 1 heterocycles. The van der Waals surface area contributed by atoms with Crippen molar-refractivity contribution in [3.05, 3.63) is 0 Å². The van der Waals surface area contributed by atoms with Gasteiger partial charge in [-0.25, -0.2) is 0 Å². The molecule has 1 amide bonds. The fourth-order valence-corrected chi connectivity index (χ4v) is 3.63. The van der Waals surface area contributed by atoms with Crippen LogP contribution in [0, 0.1) is 5.41 Å². The molecule has 1 atom stereocenters. The largest absolute Gasteiger partial charge is 0.481 e. The molecule has 2 rings (SSSR count). The number of aliphatic hydroxyl groups is 1. The van der Waals surface area contributed by atoms with Crippen LogP contribution in [0.4, 0.5) is 0 Å². The average Bonchev–Trinajstić information content (AvgIpc) is 2.69. The molecule has 20 heavy (non-hydrogen) atoms. The Hall–Kier alpha value is -1.10. The first-order valence-corrected chi connectivity index (χ1v) is 7.54. The average molecular weight is 283 g/mol. The molecule has 0 bridgehead atoms. The molecule has 1 aliphatic heterocycles. The number of likely N-dealkylation sites (tertiary alicyclic amines) is 1. The summed E-state index contributed by atoms with van der Waals surface area (Å²) in [6.07, 6.45) is 5.82. The van der Waals surface area contributed by atoms with Gasteiger partial charge in [0.2, 0.25) is 5.91 Å². The molecule has 1 saturated carbocycles. The number of carbonyl (C=O) groups excluding carboxylic acids is 1. The van der Waals surface area contributed by atoms with Crippen molar-refractivity contribution >= 4 is 11.9 Å². The minimum atomic E-state index is -0.812. The molecule has 2 N–H and O–H groups in total. The van der Waals surface area contributed by atoms with Crippen LogP contribution in [-0.2, 0) is 9.59 Å². The number of carbonyl (C=O) groups is 2. The SMILES string of the molecule is CC1(O)CCN(C(=O)CC2(CC(=O)O)CCCCC2)C1. The quantitative estimate of drug-likeness (QED) is 0.824.